The molecule has 12 heteroatoms. The van der Waals surface area contributed by atoms with Gasteiger partial charge in [0.15, 0.2) is 0 Å². The summed E-state index contributed by atoms with van der Waals surface area (Å²) in [7, 11) is -3.94. The first kappa shape index (κ1) is 33.0. The van der Waals surface area contributed by atoms with E-state index in [1.165, 1.54) is 23.1 Å². The minimum absolute atomic E-state index is 0.0204. The van der Waals surface area contributed by atoms with Gasteiger partial charge < -0.3 is 10.2 Å². The number of rotatable bonds is 13. The smallest absolute Gasteiger partial charge is 0.244 e. The third-order valence-corrected chi connectivity index (χ3v) is 8.93. The van der Waals surface area contributed by atoms with E-state index in [-0.39, 0.29) is 39.6 Å². The van der Waals surface area contributed by atoms with Crippen LogP contribution in [0, 0.1) is 0 Å². The Morgan fingerprint density at radius 1 is 0.854 bits per heavy atom. The molecule has 0 aliphatic rings. The van der Waals surface area contributed by atoms with Crippen molar-refractivity contribution < 1.29 is 18.0 Å². The first-order chi connectivity index (χ1) is 19.4. The molecule has 0 spiro atoms. The van der Waals surface area contributed by atoms with Gasteiger partial charge in [0.25, 0.3) is 0 Å². The molecule has 3 rings (SSSR count). The van der Waals surface area contributed by atoms with Crippen molar-refractivity contribution in [1.82, 2.24) is 10.2 Å². The van der Waals surface area contributed by atoms with E-state index in [1.54, 1.807) is 18.2 Å². The highest BCUT2D eigenvalue weighted by Crippen LogP contribution is 2.29. The topological polar surface area (TPSA) is 86.8 Å². The molecule has 0 aliphatic carbocycles. The third-order valence-electron chi connectivity index (χ3n) is 6.31. The zero-order valence-electron chi connectivity index (χ0n) is 22.6. The third kappa shape index (κ3) is 9.51. The van der Waals surface area contributed by atoms with Crippen LogP contribution in [0.1, 0.15) is 30.9 Å². The fourth-order valence-corrected chi connectivity index (χ4v) is 5.60. The van der Waals surface area contributed by atoms with E-state index in [2.05, 4.69) is 5.32 Å². The molecule has 1 atom stereocenters. The quantitative estimate of drug-likeness (QED) is 0.209. The number of amides is 2. The number of nitrogens with one attached hydrogen (secondary N) is 1. The zero-order chi connectivity index (χ0) is 30.2. The fraction of sp³-hybridized carbons (Fsp3) is 0.310. The lowest BCUT2D eigenvalue weighted by molar-refractivity contribution is -0.140. The molecule has 0 bridgehead atoms. The Balaban J connectivity index is 2.06. The van der Waals surface area contributed by atoms with E-state index in [4.69, 9.17) is 46.4 Å². The van der Waals surface area contributed by atoms with E-state index in [1.807, 2.05) is 37.3 Å². The Labute approximate surface area is 261 Å². The monoisotopic (exact) mass is 657 g/mol. The standard InChI is InChI=1S/C29H31Cl4N3O4S/c1-3-4-14-34-29(38)27(16-20-8-6-5-7-9-20)35(18-21-10-12-23(30)25(32)15-21)28(37)19-36(41(2,39)40)22-11-13-24(31)26(33)17-22/h5-13,15,17,27H,3-4,14,16,18-19H2,1-2H3,(H,34,38)/t27-/m1/s1. The van der Waals surface area contributed by atoms with E-state index in [0.29, 0.717) is 17.1 Å². The Kier molecular flexibility index (Phi) is 12.2. The van der Waals surface area contributed by atoms with Crippen molar-refractivity contribution in [2.45, 2.75) is 38.8 Å². The summed E-state index contributed by atoms with van der Waals surface area (Å²) in [6.07, 6.45) is 2.84. The molecule has 1 N–H and O–H groups in total. The number of halogens is 4. The summed E-state index contributed by atoms with van der Waals surface area (Å²) in [5.41, 5.74) is 1.61. The lowest BCUT2D eigenvalue weighted by Crippen LogP contribution is -2.53. The number of anilines is 1. The van der Waals surface area contributed by atoms with Gasteiger partial charge in [-0.15, -0.1) is 0 Å². The molecule has 0 unspecified atom stereocenters. The average molecular weight is 659 g/mol. The van der Waals surface area contributed by atoms with Crippen molar-refractivity contribution in [3.8, 4) is 0 Å². The van der Waals surface area contributed by atoms with Crippen molar-refractivity contribution in [1.29, 1.82) is 0 Å². The summed E-state index contributed by atoms with van der Waals surface area (Å²) in [6, 6.07) is 17.6. The molecular formula is C29H31Cl4N3O4S. The Morgan fingerprint density at radius 3 is 2.07 bits per heavy atom. The molecule has 7 nitrogen and oxygen atoms in total. The van der Waals surface area contributed by atoms with Gasteiger partial charge in [0.05, 0.1) is 32.0 Å². The number of benzene rings is 3. The lowest BCUT2D eigenvalue weighted by atomic mass is 10.0. The summed E-state index contributed by atoms with van der Waals surface area (Å²) < 4.78 is 26.7. The van der Waals surface area contributed by atoms with Crippen LogP contribution in [0.3, 0.4) is 0 Å². The largest absolute Gasteiger partial charge is 0.354 e. The predicted molar refractivity (Wildman–Crippen MR) is 168 cm³/mol. The van der Waals surface area contributed by atoms with E-state index < -0.39 is 28.5 Å². The first-order valence-electron chi connectivity index (χ1n) is 12.9. The molecule has 0 saturated heterocycles. The van der Waals surface area contributed by atoms with Crippen molar-refractivity contribution >= 4 is 73.9 Å². The predicted octanol–water partition coefficient (Wildman–Crippen LogP) is 6.62. The summed E-state index contributed by atoms with van der Waals surface area (Å²) in [6.45, 7) is 1.85. The number of sulfonamides is 1. The fourth-order valence-electron chi connectivity index (χ4n) is 4.15. The number of hydrogen-bond acceptors (Lipinski definition) is 4. The minimum atomic E-state index is -3.94. The Hall–Kier alpha value is -2.49. The second-order valence-corrected chi connectivity index (χ2v) is 13.0. The van der Waals surface area contributed by atoms with E-state index in [9.17, 15) is 18.0 Å². The molecule has 0 saturated carbocycles. The van der Waals surface area contributed by atoms with Gasteiger partial charge >= 0.3 is 0 Å². The van der Waals surface area contributed by atoms with Crippen LogP contribution in [0.4, 0.5) is 5.69 Å². The van der Waals surface area contributed by atoms with Gasteiger partial charge in [0.1, 0.15) is 12.6 Å². The maximum atomic E-state index is 14.1. The number of unbranched alkanes of at least 4 members (excludes halogenated alkanes) is 1. The van der Waals surface area contributed by atoms with Crippen LogP contribution in [0.5, 0.6) is 0 Å². The Morgan fingerprint density at radius 2 is 1.49 bits per heavy atom. The lowest BCUT2D eigenvalue weighted by Gasteiger charge is -2.33. The van der Waals surface area contributed by atoms with E-state index in [0.717, 1.165) is 29.0 Å². The maximum Gasteiger partial charge on any atom is 0.244 e. The van der Waals surface area contributed by atoms with E-state index >= 15 is 0 Å². The van der Waals surface area contributed by atoms with Gasteiger partial charge in [-0.2, -0.15) is 0 Å². The van der Waals surface area contributed by atoms with Crippen molar-refractivity contribution in [3.63, 3.8) is 0 Å². The van der Waals surface area contributed by atoms with Crippen LogP contribution in [0.25, 0.3) is 0 Å². The van der Waals surface area contributed by atoms with Gasteiger partial charge in [0.2, 0.25) is 21.8 Å². The van der Waals surface area contributed by atoms with Crippen molar-refractivity contribution in [2.24, 2.45) is 0 Å². The van der Waals surface area contributed by atoms with Crippen LogP contribution >= 0.6 is 46.4 Å². The molecule has 41 heavy (non-hydrogen) atoms. The summed E-state index contributed by atoms with van der Waals surface area (Å²) >= 11 is 24.6. The van der Waals surface area contributed by atoms with Gasteiger partial charge in [-0.3, -0.25) is 13.9 Å². The number of carbonyl (C=O) groups is 2. The zero-order valence-corrected chi connectivity index (χ0v) is 26.5. The molecule has 2 amide bonds. The van der Waals surface area contributed by atoms with Crippen LogP contribution in [0.2, 0.25) is 20.1 Å². The molecule has 0 radical (unpaired) electrons. The Bertz CT molecular complexity index is 1470. The van der Waals surface area contributed by atoms with Crippen LogP contribution < -0.4 is 9.62 Å². The first-order valence-corrected chi connectivity index (χ1v) is 16.2. The molecule has 3 aromatic rings. The van der Waals surface area contributed by atoms with Gasteiger partial charge in [-0.1, -0.05) is 96.1 Å². The van der Waals surface area contributed by atoms with Crippen LogP contribution in [-0.4, -0.2) is 50.5 Å². The molecule has 3 aromatic carbocycles. The molecule has 0 fully saturated rings. The van der Waals surface area contributed by atoms with Crippen LogP contribution in [0.15, 0.2) is 66.7 Å². The highest BCUT2D eigenvalue weighted by Gasteiger charge is 2.33. The summed E-state index contributed by atoms with van der Waals surface area (Å²) in [5, 5.41) is 3.93. The average Bonchev–Trinajstić information content (AvgIpc) is 2.92. The molecule has 0 aliphatic heterocycles. The van der Waals surface area contributed by atoms with Gasteiger partial charge in [0, 0.05) is 19.5 Å². The molecule has 220 valence electrons. The highest BCUT2D eigenvalue weighted by atomic mass is 35.5. The SMILES string of the molecule is CCCCNC(=O)[C@@H](Cc1ccccc1)N(Cc1ccc(Cl)c(Cl)c1)C(=O)CN(c1ccc(Cl)c(Cl)c1)S(C)(=O)=O. The van der Waals surface area contributed by atoms with Crippen LogP contribution in [-0.2, 0) is 32.6 Å². The number of nitrogens with zero attached hydrogens (tertiary/aromatic N) is 2. The molecule has 0 heterocycles. The summed E-state index contributed by atoms with van der Waals surface area (Å²) in [5.74, 6) is -0.949. The summed E-state index contributed by atoms with van der Waals surface area (Å²) in [4.78, 5) is 29.0. The van der Waals surface area contributed by atoms with Gasteiger partial charge in [-0.25, -0.2) is 8.42 Å². The number of hydrogen-bond donors (Lipinski definition) is 1. The maximum absolute atomic E-state index is 14.1. The highest BCUT2D eigenvalue weighted by molar-refractivity contribution is 7.92. The molecule has 0 aromatic heterocycles. The molecular weight excluding hydrogens is 628 g/mol. The minimum Gasteiger partial charge on any atom is -0.354 e. The van der Waals surface area contributed by atoms with Gasteiger partial charge in [-0.05, 0) is 47.9 Å². The second-order valence-electron chi connectivity index (χ2n) is 9.49. The normalized spacial score (nSPS) is 12.0. The number of carbonyl (C=O) groups excluding carboxylic acids is 2. The second kappa shape index (κ2) is 15.1. The van der Waals surface area contributed by atoms with Crippen molar-refractivity contribution in [2.75, 3.05) is 23.7 Å². The van der Waals surface area contributed by atoms with Crippen molar-refractivity contribution in [3.05, 3.63) is 97.9 Å².